The summed E-state index contributed by atoms with van der Waals surface area (Å²) in [5.74, 6) is -1.20. The van der Waals surface area contributed by atoms with Gasteiger partial charge in [0, 0.05) is 12.7 Å². The van der Waals surface area contributed by atoms with Crippen molar-refractivity contribution in [3.05, 3.63) is 59.7 Å². The Hall–Kier alpha value is -2.92. The van der Waals surface area contributed by atoms with Crippen LogP contribution >= 0.6 is 0 Å². The van der Waals surface area contributed by atoms with Gasteiger partial charge in [0.25, 0.3) is 0 Å². The lowest BCUT2D eigenvalue weighted by atomic mass is 10.1. The largest absolute Gasteiger partial charge is 0.416 e. The average molecular weight is 457 g/mol. The van der Waals surface area contributed by atoms with Crippen molar-refractivity contribution in [3.8, 4) is 0 Å². The monoisotopic (exact) mass is 457 g/mol. The molecule has 2 amide bonds. The second kappa shape index (κ2) is 9.92. The first-order valence-corrected chi connectivity index (χ1v) is 10.7. The van der Waals surface area contributed by atoms with E-state index in [1.165, 1.54) is 7.05 Å². The van der Waals surface area contributed by atoms with Gasteiger partial charge in [-0.05, 0) is 36.2 Å². The Morgan fingerprint density at radius 3 is 2.39 bits per heavy atom. The zero-order valence-electron chi connectivity index (χ0n) is 16.9. The molecule has 0 aliphatic rings. The Balaban J connectivity index is 1.96. The van der Waals surface area contributed by atoms with E-state index in [2.05, 4.69) is 5.32 Å². The molecule has 0 heterocycles. The van der Waals surface area contributed by atoms with E-state index in [1.54, 1.807) is 12.1 Å². The number of amides is 2. The third-order valence-corrected chi connectivity index (χ3v) is 5.76. The number of hydrogen-bond acceptors (Lipinski definition) is 4. The lowest BCUT2D eigenvalue weighted by Crippen LogP contribution is -2.41. The number of benzene rings is 2. The number of anilines is 1. The maximum absolute atomic E-state index is 12.8. The first-order chi connectivity index (χ1) is 14.4. The molecule has 0 radical (unpaired) electrons. The van der Waals surface area contributed by atoms with Gasteiger partial charge in [0.15, 0.2) is 0 Å². The molecule has 2 rings (SSSR count). The number of likely N-dealkylation sites (N-methyl/N-ethyl adjacent to an activating group) is 1. The van der Waals surface area contributed by atoms with E-state index in [9.17, 15) is 31.2 Å². The summed E-state index contributed by atoms with van der Waals surface area (Å²) in [6.45, 7) is 0.882. The van der Waals surface area contributed by atoms with Crippen LogP contribution < -0.4 is 10.0 Å². The van der Waals surface area contributed by atoms with Gasteiger partial charge in [-0.2, -0.15) is 13.2 Å². The molecule has 0 aliphatic carbocycles. The number of aryl methyl sites for hydroxylation is 1. The molecule has 31 heavy (non-hydrogen) atoms. The molecule has 0 fully saturated rings. The molecule has 2 aromatic carbocycles. The van der Waals surface area contributed by atoms with Crippen LogP contribution in [-0.2, 0) is 32.2 Å². The van der Waals surface area contributed by atoms with Gasteiger partial charge in [0.05, 0.1) is 23.5 Å². The minimum atomic E-state index is -4.70. The molecule has 0 saturated heterocycles. The Kier molecular flexibility index (Phi) is 7.80. The van der Waals surface area contributed by atoms with Crippen LogP contribution in [0.1, 0.15) is 18.1 Å². The molecule has 0 saturated carbocycles. The standard InChI is InChI=1S/C20H22F3N3O4S/c1-3-14-7-4-5-10-17(14)25-18(27)13-26(2)19(28)12-24-31(29,30)16-9-6-8-15(11-16)20(21,22)23/h4-11,24H,3,12-13H2,1-2H3,(H,25,27). The van der Waals surface area contributed by atoms with Gasteiger partial charge >= 0.3 is 6.18 Å². The van der Waals surface area contributed by atoms with Gasteiger partial charge in [0.1, 0.15) is 0 Å². The molecule has 2 aromatic rings. The molecule has 0 atom stereocenters. The Bertz CT molecular complexity index is 1060. The van der Waals surface area contributed by atoms with E-state index >= 15 is 0 Å². The number of carbonyl (C=O) groups is 2. The van der Waals surface area contributed by atoms with Crippen LogP contribution in [0.3, 0.4) is 0 Å². The predicted octanol–water partition coefficient (Wildman–Crippen LogP) is 2.64. The molecule has 0 aromatic heterocycles. The van der Waals surface area contributed by atoms with Gasteiger partial charge in [-0.1, -0.05) is 31.2 Å². The Morgan fingerprint density at radius 2 is 1.74 bits per heavy atom. The normalized spacial score (nSPS) is 11.8. The van der Waals surface area contributed by atoms with Crippen molar-refractivity contribution in [3.63, 3.8) is 0 Å². The highest BCUT2D eigenvalue weighted by Crippen LogP contribution is 2.30. The number of nitrogens with one attached hydrogen (secondary N) is 2. The van der Waals surface area contributed by atoms with E-state index in [0.717, 1.165) is 28.7 Å². The maximum atomic E-state index is 12.8. The number of nitrogens with zero attached hydrogens (tertiary/aromatic N) is 1. The average Bonchev–Trinajstić information content (AvgIpc) is 2.71. The minimum absolute atomic E-state index is 0.331. The first kappa shape index (κ1) is 24.4. The van der Waals surface area contributed by atoms with Crippen molar-refractivity contribution in [2.24, 2.45) is 0 Å². The topological polar surface area (TPSA) is 95.6 Å². The van der Waals surface area contributed by atoms with Crippen molar-refractivity contribution < 1.29 is 31.2 Å². The number of para-hydroxylation sites is 1. The van der Waals surface area contributed by atoms with Gasteiger partial charge in [0.2, 0.25) is 21.8 Å². The minimum Gasteiger partial charge on any atom is -0.335 e. The number of carbonyl (C=O) groups excluding carboxylic acids is 2. The summed E-state index contributed by atoms with van der Waals surface area (Å²) in [4.78, 5) is 24.8. The SMILES string of the molecule is CCc1ccccc1NC(=O)CN(C)C(=O)CNS(=O)(=O)c1cccc(C(F)(F)F)c1. The summed E-state index contributed by atoms with van der Waals surface area (Å²) in [5.41, 5.74) is 0.405. The van der Waals surface area contributed by atoms with Crippen LogP contribution in [0.15, 0.2) is 53.4 Å². The number of hydrogen-bond donors (Lipinski definition) is 2. The second-order valence-corrected chi connectivity index (χ2v) is 8.43. The highest BCUT2D eigenvalue weighted by Gasteiger charge is 2.31. The summed E-state index contributed by atoms with van der Waals surface area (Å²) >= 11 is 0. The van der Waals surface area contributed by atoms with Crippen molar-refractivity contribution >= 4 is 27.5 Å². The van der Waals surface area contributed by atoms with Crippen LogP contribution in [0.2, 0.25) is 0 Å². The van der Waals surface area contributed by atoms with Crippen molar-refractivity contribution in [2.75, 3.05) is 25.5 Å². The third kappa shape index (κ3) is 6.79. The van der Waals surface area contributed by atoms with Crippen LogP contribution in [-0.4, -0.2) is 45.3 Å². The van der Waals surface area contributed by atoms with Gasteiger partial charge in [-0.25, -0.2) is 13.1 Å². The zero-order chi connectivity index (χ0) is 23.2. The van der Waals surface area contributed by atoms with Crippen LogP contribution in [0.4, 0.5) is 18.9 Å². The van der Waals surface area contributed by atoms with Crippen molar-refractivity contribution in [1.29, 1.82) is 0 Å². The fourth-order valence-corrected chi connectivity index (χ4v) is 3.68. The summed E-state index contributed by atoms with van der Waals surface area (Å²) in [6, 6.07) is 10.3. The van der Waals surface area contributed by atoms with Crippen LogP contribution in [0.5, 0.6) is 0 Å². The van der Waals surface area contributed by atoms with Crippen molar-refractivity contribution in [1.82, 2.24) is 9.62 Å². The van der Waals surface area contributed by atoms with Gasteiger partial charge in [-0.15, -0.1) is 0 Å². The second-order valence-electron chi connectivity index (χ2n) is 6.66. The number of halogens is 3. The zero-order valence-corrected chi connectivity index (χ0v) is 17.7. The first-order valence-electron chi connectivity index (χ1n) is 9.22. The summed E-state index contributed by atoms with van der Waals surface area (Å²) in [6.07, 6.45) is -4.01. The van der Waals surface area contributed by atoms with Crippen LogP contribution in [0, 0.1) is 0 Å². The Morgan fingerprint density at radius 1 is 1.06 bits per heavy atom. The molecule has 0 bridgehead atoms. The van der Waals surface area contributed by atoms with Crippen LogP contribution in [0.25, 0.3) is 0 Å². The summed E-state index contributed by atoms with van der Waals surface area (Å²) < 4.78 is 64.8. The van der Waals surface area contributed by atoms with Crippen molar-refractivity contribution in [2.45, 2.75) is 24.4 Å². The molecule has 0 spiro atoms. The lowest BCUT2D eigenvalue weighted by Gasteiger charge is -2.18. The lowest BCUT2D eigenvalue weighted by molar-refractivity contribution is -0.137. The predicted molar refractivity (Wildman–Crippen MR) is 109 cm³/mol. The molecule has 7 nitrogen and oxygen atoms in total. The molecular weight excluding hydrogens is 435 g/mol. The molecular formula is C20H22F3N3O4S. The quantitative estimate of drug-likeness (QED) is 0.637. The van der Waals surface area contributed by atoms with E-state index < -0.39 is 45.0 Å². The number of rotatable bonds is 8. The molecule has 0 unspecified atom stereocenters. The smallest absolute Gasteiger partial charge is 0.335 e. The fraction of sp³-hybridized carbons (Fsp3) is 0.300. The van der Waals surface area contributed by atoms with E-state index in [1.807, 2.05) is 23.8 Å². The molecule has 11 heteroatoms. The highest BCUT2D eigenvalue weighted by atomic mass is 32.2. The van der Waals surface area contributed by atoms with Gasteiger partial charge < -0.3 is 10.2 Å². The third-order valence-electron chi connectivity index (χ3n) is 4.36. The summed E-state index contributed by atoms with van der Waals surface area (Å²) in [5, 5.41) is 2.69. The van der Waals surface area contributed by atoms with E-state index in [-0.39, 0.29) is 6.54 Å². The highest BCUT2D eigenvalue weighted by molar-refractivity contribution is 7.89. The molecule has 2 N–H and O–H groups in total. The van der Waals surface area contributed by atoms with E-state index in [4.69, 9.17) is 0 Å². The fourth-order valence-electron chi connectivity index (χ4n) is 2.66. The number of sulfonamides is 1. The van der Waals surface area contributed by atoms with E-state index in [0.29, 0.717) is 18.2 Å². The van der Waals surface area contributed by atoms with Gasteiger partial charge in [-0.3, -0.25) is 9.59 Å². The maximum Gasteiger partial charge on any atom is 0.416 e. The summed E-state index contributed by atoms with van der Waals surface area (Å²) in [7, 11) is -3.04. The molecule has 168 valence electrons. The molecule has 0 aliphatic heterocycles. The number of alkyl halides is 3. The Labute approximate surface area is 178 Å².